The Bertz CT molecular complexity index is 129. The van der Waals surface area contributed by atoms with Crippen LogP contribution in [0, 0.1) is 5.92 Å². The third kappa shape index (κ3) is 4.40. The summed E-state index contributed by atoms with van der Waals surface area (Å²) in [7, 11) is 0. The second kappa shape index (κ2) is 7.21. The quantitative estimate of drug-likeness (QED) is 0.639. The third-order valence-electron chi connectivity index (χ3n) is 3.19. The smallest absolute Gasteiger partial charge is 0.0558 e. The average Bonchev–Trinajstić information content (AvgIpc) is 2.67. The molecule has 3 N–H and O–H groups in total. The normalized spacial score (nSPS) is 18.2. The van der Waals surface area contributed by atoms with Crippen molar-refractivity contribution in [2.75, 3.05) is 32.8 Å². The maximum atomic E-state index is 8.87. The van der Waals surface area contributed by atoms with Gasteiger partial charge >= 0.3 is 0 Å². The Kier molecular flexibility index (Phi) is 6.15. The molecule has 0 aromatic heterocycles. The zero-order valence-electron chi connectivity index (χ0n) is 9.12. The van der Waals surface area contributed by atoms with Gasteiger partial charge in [0.05, 0.1) is 6.61 Å². The van der Waals surface area contributed by atoms with Crippen molar-refractivity contribution < 1.29 is 5.11 Å². The van der Waals surface area contributed by atoms with E-state index in [9.17, 15) is 0 Å². The van der Waals surface area contributed by atoms with Crippen molar-refractivity contribution in [1.82, 2.24) is 4.90 Å². The van der Waals surface area contributed by atoms with E-state index in [1.165, 1.54) is 32.1 Å². The Morgan fingerprint density at radius 3 is 2.43 bits per heavy atom. The molecule has 1 saturated carbocycles. The molecular weight excluding hydrogens is 176 g/mol. The summed E-state index contributed by atoms with van der Waals surface area (Å²) in [6, 6.07) is 0. The minimum atomic E-state index is 0.255. The van der Waals surface area contributed by atoms with Crippen molar-refractivity contribution >= 4 is 0 Å². The number of rotatable bonds is 7. The molecule has 0 heterocycles. The number of hydrogen-bond acceptors (Lipinski definition) is 3. The van der Waals surface area contributed by atoms with Crippen LogP contribution in [0.1, 0.15) is 32.1 Å². The molecule has 1 aliphatic carbocycles. The molecule has 0 aliphatic heterocycles. The Labute approximate surface area is 87.3 Å². The van der Waals surface area contributed by atoms with Gasteiger partial charge in [0, 0.05) is 19.6 Å². The topological polar surface area (TPSA) is 49.5 Å². The molecule has 14 heavy (non-hydrogen) atoms. The number of hydrogen-bond donors (Lipinski definition) is 2. The van der Waals surface area contributed by atoms with E-state index in [2.05, 4.69) is 4.90 Å². The summed E-state index contributed by atoms with van der Waals surface area (Å²) in [4.78, 5) is 2.28. The van der Waals surface area contributed by atoms with Gasteiger partial charge in [-0.3, -0.25) is 4.90 Å². The van der Waals surface area contributed by atoms with Crippen LogP contribution in [0.5, 0.6) is 0 Å². The molecule has 0 bridgehead atoms. The molecule has 0 amide bonds. The van der Waals surface area contributed by atoms with E-state index in [-0.39, 0.29) is 6.61 Å². The molecule has 0 aromatic rings. The van der Waals surface area contributed by atoms with Crippen LogP contribution in [-0.2, 0) is 0 Å². The lowest BCUT2D eigenvalue weighted by atomic mass is 10.0. The Morgan fingerprint density at radius 2 is 1.86 bits per heavy atom. The van der Waals surface area contributed by atoms with Gasteiger partial charge in [-0.1, -0.05) is 25.7 Å². The van der Waals surface area contributed by atoms with Crippen LogP contribution in [-0.4, -0.2) is 42.8 Å². The highest BCUT2D eigenvalue weighted by molar-refractivity contribution is 4.69. The highest BCUT2D eigenvalue weighted by atomic mass is 16.3. The minimum Gasteiger partial charge on any atom is -0.395 e. The van der Waals surface area contributed by atoms with E-state index in [0.717, 1.165) is 25.6 Å². The van der Waals surface area contributed by atoms with Gasteiger partial charge in [0.15, 0.2) is 0 Å². The second-order valence-corrected chi connectivity index (χ2v) is 4.29. The molecule has 0 aromatic carbocycles. The van der Waals surface area contributed by atoms with Crippen LogP contribution in [0.3, 0.4) is 0 Å². The monoisotopic (exact) mass is 200 g/mol. The van der Waals surface area contributed by atoms with Gasteiger partial charge < -0.3 is 10.8 Å². The molecule has 0 radical (unpaired) electrons. The minimum absolute atomic E-state index is 0.255. The number of nitrogens with zero attached hydrogens (tertiary/aromatic N) is 1. The summed E-state index contributed by atoms with van der Waals surface area (Å²) in [5.41, 5.74) is 5.52. The molecular formula is C11H24N2O. The summed E-state index contributed by atoms with van der Waals surface area (Å²) in [5, 5.41) is 8.87. The lowest BCUT2D eigenvalue weighted by molar-refractivity contribution is 0.190. The van der Waals surface area contributed by atoms with Gasteiger partial charge in [0.2, 0.25) is 0 Å². The van der Waals surface area contributed by atoms with Crippen LogP contribution < -0.4 is 5.73 Å². The molecule has 0 atom stereocenters. The number of aliphatic hydroxyl groups excluding tert-OH is 1. The van der Waals surface area contributed by atoms with E-state index in [4.69, 9.17) is 10.8 Å². The number of nitrogens with two attached hydrogens (primary N) is 1. The van der Waals surface area contributed by atoms with Crippen LogP contribution in [0.2, 0.25) is 0 Å². The Morgan fingerprint density at radius 1 is 1.14 bits per heavy atom. The largest absolute Gasteiger partial charge is 0.395 e. The summed E-state index contributed by atoms with van der Waals surface area (Å²) >= 11 is 0. The van der Waals surface area contributed by atoms with Crippen molar-refractivity contribution in [3.05, 3.63) is 0 Å². The predicted molar refractivity (Wildman–Crippen MR) is 59.2 cm³/mol. The highest BCUT2D eigenvalue weighted by Gasteiger charge is 2.15. The highest BCUT2D eigenvalue weighted by Crippen LogP contribution is 2.27. The SMILES string of the molecule is NCCN(CCO)CCC1CCCC1. The number of aliphatic hydroxyl groups is 1. The maximum Gasteiger partial charge on any atom is 0.0558 e. The summed E-state index contributed by atoms with van der Waals surface area (Å²) in [5.74, 6) is 0.939. The van der Waals surface area contributed by atoms with Crippen LogP contribution in [0.25, 0.3) is 0 Å². The summed E-state index contributed by atoms with van der Waals surface area (Å²) in [6.07, 6.45) is 6.95. The first-order chi connectivity index (χ1) is 6.86. The molecule has 0 saturated heterocycles. The fourth-order valence-corrected chi connectivity index (χ4v) is 2.32. The Balaban J connectivity index is 2.10. The van der Waals surface area contributed by atoms with Gasteiger partial charge in [0.25, 0.3) is 0 Å². The van der Waals surface area contributed by atoms with Gasteiger partial charge in [-0.05, 0) is 18.9 Å². The van der Waals surface area contributed by atoms with E-state index >= 15 is 0 Å². The van der Waals surface area contributed by atoms with Gasteiger partial charge in [-0.15, -0.1) is 0 Å². The first kappa shape index (κ1) is 12.0. The molecule has 0 spiro atoms. The maximum absolute atomic E-state index is 8.87. The lowest BCUT2D eigenvalue weighted by Crippen LogP contribution is -2.33. The fraction of sp³-hybridized carbons (Fsp3) is 1.00. The molecule has 0 unspecified atom stereocenters. The van der Waals surface area contributed by atoms with E-state index in [1.807, 2.05) is 0 Å². The first-order valence-electron chi connectivity index (χ1n) is 5.90. The van der Waals surface area contributed by atoms with E-state index < -0.39 is 0 Å². The summed E-state index contributed by atoms with van der Waals surface area (Å²) in [6.45, 7) is 3.77. The summed E-state index contributed by atoms with van der Waals surface area (Å²) < 4.78 is 0. The molecule has 1 fully saturated rings. The van der Waals surface area contributed by atoms with Gasteiger partial charge in [0.1, 0.15) is 0 Å². The average molecular weight is 200 g/mol. The Hall–Kier alpha value is -0.120. The zero-order chi connectivity index (χ0) is 10.2. The van der Waals surface area contributed by atoms with Crippen LogP contribution >= 0.6 is 0 Å². The molecule has 3 heteroatoms. The van der Waals surface area contributed by atoms with Gasteiger partial charge in [-0.25, -0.2) is 0 Å². The van der Waals surface area contributed by atoms with E-state index in [1.54, 1.807) is 0 Å². The van der Waals surface area contributed by atoms with Gasteiger partial charge in [-0.2, -0.15) is 0 Å². The predicted octanol–water partition coefficient (Wildman–Crippen LogP) is 0.820. The molecule has 84 valence electrons. The molecule has 3 nitrogen and oxygen atoms in total. The van der Waals surface area contributed by atoms with Crippen molar-refractivity contribution in [3.8, 4) is 0 Å². The van der Waals surface area contributed by atoms with Crippen LogP contribution in [0.4, 0.5) is 0 Å². The van der Waals surface area contributed by atoms with Crippen molar-refractivity contribution in [1.29, 1.82) is 0 Å². The van der Waals surface area contributed by atoms with Crippen molar-refractivity contribution in [2.45, 2.75) is 32.1 Å². The van der Waals surface area contributed by atoms with Crippen molar-refractivity contribution in [2.24, 2.45) is 11.7 Å². The second-order valence-electron chi connectivity index (χ2n) is 4.29. The van der Waals surface area contributed by atoms with Crippen LogP contribution in [0.15, 0.2) is 0 Å². The molecule has 1 aliphatic rings. The molecule has 1 rings (SSSR count). The standard InChI is InChI=1S/C11H24N2O/c12-6-8-13(9-10-14)7-5-11-3-1-2-4-11/h11,14H,1-10,12H2. The third-order valence-corrected chi connectivity index (χ3v) is 3.19. The van der Waals surface area contributed by atoms with Crippen molar-refractivity contribution in [3.63, 3.8) is 0 Å². The lowest BCUT2D eigenvalue weighted by Gasteiger charge is -2.22. The van der Waals surface area contributed by atoms with E-state index in [0.29, 0.717) is 6.54 Å². The zero-order valence-corrected chi connectivity index (χ0v) is 9.12. The fourth-order valence-electron chi connectivity index (χ4n) is 2.32. The first-order valence-corrected chi connectivity index (χ1v) is 5.90.